The van der Waals surface area contributed by atoms with Crippen molar-refractivity contribution in [2.75, 3.05) is 26.9 Å². The van der Waals surface area contributed by atoms with Crippen molar-refractivity contribution >= 4 is 11.6 Å². The highest BCUT2D eigenvalue weighted by Crippen LogP contribution is 2.35. The van der Waals surface area contributed by atoms with Gasteiger partial charge in [-0.2, -0.15) is 0 Å². The summed E-state index contributed by atoms with van der Waals surface area (Å²) in [7, 11) is 1.63. The lowest BCUT2D eigenvalue weighted by Crippen LogP contribution is -2.44. The number of methoxy groups -OCH3 is 1. The number of carbonyl (C=O) groups is 1. The average molecular weight is 384 g/mol. The summed E-state index contributed by atoms with van der Waals surface area (Å²) in [6.45, 7) is 3.38. The van der Waals surface area contributed by atoms with E-state index in [4.69, 9.17) is 9.47 Å². The second-order valence-electron chi connectivity index (χ2n) is 7.06. The molecule has 0 radical (unpaired) electrons. The molecule has 0 spiro atoms. The van der Waals surface area contributed by atoms with Gasteiger partial charge in [-0.25, -0.2) is 0 Å². The summed E-state index contributed by atoms with van der Waals surface area (Å²) in [5, 5.41) is 14.0. The zero-order valence-electron chi connectivity index (χ0n) is 16.1. The topological polar surface area (TPSA) is 90.7 Å². The van der Waals surface area contributed by atoms with Crippen molar-refractivity contribution in [3.8, 4) is 5.75 Å². The van der Waals surface area contributed by atoms with Gasteiger partial charge in [0.25, 0.3) is 11.6 Å². The number of benzene rings is 2. The molecule has 1 N–H and O–H groups in total. The number of hydrogen-bond donors (Lipinski definition) is 1. The number of ether oxygens (including phenoxy) is 2. The van der Waals surface area contributed by atoms with Crippen LogP contribution in [0.5, 0.6) is 5.75 Å². The summed E-state index contributed by atoms with van der Waals surface area (Å²) < 4.78 is 10.8. The van der Waals surface area contributed by atoms with E-state index in [0.29, 0.717) is 30.9 Å². The molecule has 0 saturated carbocycles. The van der Waals surface area contributed by atoms with Crippen LogP contribution in [0.1, 0.15) is 34.3 Å². The third-order valence-electron chi connectivity index (χ3n) is 5.40. The number of aryl methyl sites for hydroxylation is 1. The van der Waals surface area contributed by atoms with Crippen LogP contribution >= 0.6 is 0 Å². The molecular formula is C21H24N2O5. The molecule has 7 nitrogen and oxygen atoms in total. The Labute approximate surface area is 163 Å². The Kier molecular flexibility index (Phi) is 5.94. The fourth-order valence-corrected chi connectivity index (χ4v) is 3.63. The SMILES string of the molecule is COc1ccc(C2(CNC(=O)c3ccc([N+](=O)[O-])c(C)c3)CCOCC2)cc1. The van der Waals surface area contributed by atoms with E-state index in [1.165, 1.54) is 12.1 Å². The minimum absolute atomic E-state index is 0.00989. The number of nitro groups is 1. The van der Waals surface area contributed by atoms with Crippen LogP contribution in [0, 0.1) is 17.0 Å². The van der Waals surface area contributed by atoms with Crippen molar-refractivity contribution in [3.63, 3.8) is 0 Å². The van der Waals surface area contributed by atoms with Gasteiger partial charge in [0, 0.05) is 42.4 Å². The predicted octanol–water partition coefficient (Wildman–Crippen LogP) is 3.39. The maximum Gasteiger partial charge on any atom is 0.272 e. The van der Waals surface area contributed by atoms with Crippen LogP contribution in [-0.2, 0) is 10.2 Å². The molecule has 1 amide bonds. The molecule has 0 bridgehead atoms. The minimum atomic E-state index is -0.447. The highest BCUT2D eigenvalue weighted by Gasteiger charge is 2.35. The monoisotopic (exact) mass is 384 g/mol. The molecular weight excluding hydrogens is 360 g/mol. The van der Waals surface area contributed by atoms with Gasteiger partial charge < -0.3 is 14.8 Å². The van der Waals surface area contributed by atoms with Gasteiger partial charge in [-0.15, -0.1) is 0 Å². The molecule has 1 aliphatic heterocycles. The van der Waals surface area contributed by atoms with E-state index in [9.17, 15) is 14.9 Å². The van der Waals surface area contributed by atoms with E-state index < -0.39 is 4.92 Å². The summed E-state index contributed by atoms with van der Waals surface area (Å²) in [5.41, 5.74) is 1.82. The first-order valence-electron chi connectivity index (χ1n) is 9.21. The largest absolute Gasteiger partial charge is 0.497 e. The first kappa shape index (κ1) is 19.8. The third kappa shape index (κ3) is 4.14. The van der Waals surface area contributed by atoms with Crippen LogP contribution < -0.4 is 10.1 Å². The highest BCUT2D eigenvalue weighted by atomic mass is 16.6. The fraction of sp³-hybridized carbons (Fsp3) is 0.381. The number of hydrogen-bond acceptors (Lipinski definition) is 5. The van der Waals surface area contributed by atoms with Crippen LogP contribution in [0.2, 0.25) is 0 Å². The number of amides is 1. The molecule has 1 aliphatic rings. The lowest BCUT2D eigenvalue weighted by atomic mass is 9.74. The van der Waals surface area contributed by atoms with Crippen molar-refractivity contribution in [1.82, 2.24) is 5.32 Å². The molecule has 1 saturated heterocycles. The van der Waals surface area contributed by atoms with E-state index in [1.54, 1.807) is 20.1 Å². The van der Waals surface area contributed by atoms with Crippen molar-refractivity contribution in [1.29, 1.82) is 0 Å². The molecule has 28 heavy (non-hydrogen) atoms. The zero-order valence-corrected chi connectivity index (χ0v) is 16.1. The molecule has 0 aliphatic carbocycles. The van der Waals surface area contributed by atoms with E-state index >= 15 is 0 Å². The molecule has 2 aromatic carbocycles. The summed E-state index contributed by atoms with van der Waals surface area (Å²) in [5.74, 6) is 0.550. The molecule has 1 fully saturated rings. The van der Waals surface area contributed by atoms with E-state index in [-0.39, 0.29) is 17.0 Å². The van der Waals surface area contributed by atoms with Crippen molar-refractivity contribution < 1.29 is 19.2 Å². The maximum absolute atomic E-state index is 12.7. The Morgan fingerprint density at radius 1 is 1.21 bits per heavy atom. The van der Waals surface area contributed by atoms with Gasteiger partial charge in [0.2, 0.25) is 0 Å². The maximum atomic E-state index is 12.7. The Hall–Kier alpha value is -2.93. The second kappa shape index (κ2) is 8.39. The molecule has 2 aromatic rings. The predicted molar refractivity (Wildman–Crippen MR) is 105 cm³/mol. The molecule has 0 atom stereocenters. The van der Waals surface area contributed by atoms with Gasteiger partial charge in [0.1, 0.15) is 5.75 Å². The summed E-state index contributed by atoms with van der Waals surface area (Å²) in [6.07, 6.45) is 1.61. The third-order valence-corrected chi connectivity index (χ3v) is 5.40. The van der Waals surface area contributed by atoms with Gasteiger partial charge in [-0.05, 0) is 49.6 Å². The van der Waals surface area contributed by atoms with Crippen LogP contribution in [0.3, 0.4) is 0 Å². The minimum Gasteiger partial charge on any atom is -0.497 e. The van der Waals surface area contributed by atoms with Crippen LogP contribution in [0.4, 0.5) is 5.69 Å². The number of nitro benzene ring substituents is 1. The lowest BCUT2D eigenvalue weighted by Gasteiger charge is -2.38. The quantitative estimate of drug-likeness (QED) is 0.609. The van der Waals surface area contributed by atoms with Crippen LogP contribution in [-0.4, -0.2) is 37.7 Å². The van der Waals surface area contributed by atoms with Crippen molar-refractivity contribution in [2.24, 2.45) is 0 Å². The fourth-order valence-electron chi connectivity index (χ4n) is 3.63. The van der Waals surface area contributed by atoms with Gasteiger partial charge in [-0.1, -0.05) is 12.1 Å². The van der Waals surface area contributed by atoms with Gasteiger partial charge in [-0.3, -0.25) is 14.9 Å². The average Bonchev–Trinajstić information content (AvgIpc) is 2.72. The van der Waals surface area contributed by atoms with E-state index in [1.807, 2.05) is 24.3 Å². The second-order valence-corrected chi connectivity index (χ2v) is 7.06. The van der Waals surface area contributed by atoms with Gasteiger partial charge >= 0.3 is 0 Å². The number of carbonyl (C=O) groups excluding carboxylic acids is 1. The number of nitrogens with one attached hydrogen (secondary N) is 1. The molecule has 0 unspecified atom stereocenters. The Balaban J connectivity index is 1.77. The Morgan fingerprint density at radius 2 is 1.89 bits per heavy atom. The van der Waals surface area contributed by atoms with Crippen molar-refractivity contribution in [3.05, 3.63) is 69.3 Å². The molecule has 0 aromatic heterocycles. The van der Waals surface area contributed by atoms with Crippen molar-refractivity contribution in [2.45, 2.75) is 25.2 Å². The van der Waals surface area contributed by atoms with Gasteiger partial charge in [0.05, 0.1) is 12.0 Å². The van der Waals surface area contributed by atoms with E-state index in [0.717, 1.165) is 24.2 Å². The standard InChI is InChI=1S/C21H24N2O5/c1-15-13-16(3-8-19(15)23(25)26)20(24)22-14-21(9-11-28-12-10-21)17-4-6-18(27-2)7-5-17/h3-8,13H,9-12,14H2,1-2H3,(H,22,24). The smallest absolute Gasteiger partial charge is 0.272 e. The highest BCUT2D eigenvalue weighted by molar-refractivity contribution is 5.94. The Bertz CT molecular complexity index is 858. The Morgan fingerprint density at radius 3 is 2.46 bits per heavy atom. The first-order chi connectivity index (χ1) is 13.4. The number of nitrogens with zero attached hydrogens (tertiary/aromatic N) is 1. The molecule has 1 heterocycles. The molecule has 148 valence electrons. The van der Waals surface area contributed by atoms with Gasteiger partial charge in [0.15, 0.2) is 0 Å². The summed E-state index contributed by atoms with van der Waals surface area (Å²) in [4.78, 5) is 23.2. The summed E-state index contributed by atoms with van der Waals surface area (Å²) >= 11 is 0. The number of rotatable bonds is 6. The summed E-state index contributed by atoms with van der Waals surface area (Å²) in [6, 6.07) is 12.3. The van der Waals surface area contributed by atoms with E-state index in [2.05, 4.69) is 5.32 Å². The van der Waals surface area contributed by atoms with Crippen LogP contribution in [0.25, 0.3) is 0 Å². The zero-order chi connectivity index (χ0) is 20.1. The molecule has 3 rings (SSSR count). The van der Waals surface area contributed by atoms with Crippen LogP contribution in [0.15, 0.2) is 42.5 Å². The first-order valence-corrected chi connectivity index (χ1v) is 9.21. The lowest BCUT2D eigenvalue weighted by molar-refractivity contribution is -0.385. The normalized spacial score (nSPS) is 15.6. The molecule has 7 heteroatoms.